The Labute approximate surface area is 176 Å². The van der Waals surface area contributed by atoms with Crippen molar-refractivity contribution in [2.45, 2.75) is 38.0 Å². The van der Waals surface area contributed by atoms with Gasteiger partial charge in [-0.2, -0.15) is 0 Å². The van der Waals surface area contributed by atoms with E-state index in [1.54, 1.807) is 6.20 Å². The summed E-state index contributed by atoms with van der Waals surface area (Å²) in [6.45, 7) is 4.22. The molecule has 6 nitrogen and oxygen atoms in total. The highest BCUT2D eigenvalue weighted by atomic mass is 16.1. The van der Waals surface area contributed by atoms with E-state index in [0.29, 0.717) is 17.1 Å². The summed E-state index contributed by atoms with van der Waals surface area (Å²) < 4.78 is 0. The maximum atomic E-state index is 12.6. The van der Waals surface area contributed by atoms with Gasteiger partial charge in [0.1, 0.15) is 11.6 Å². The van der Waals surface area contributed by atoms with Gasteiger partial charge in [0.2, 0.25) is 0 Å². The van der Waals surface area contributed by atoms with Crippen LogP contribution in [-0.2, 0) is 0 Å². The van der Waals surface area contributed by atoms with Crippen LogP contribution in [0.2, 0.25) is 0 Å². The van der Waals surface area contributed by atoms with Gasteiger partial charge in [-0.1, -0.05) is 12.1 Å². The fourth-order valence-electron chi connectivity index (χ4n) is 4.71. The Hall–Kier alpha value is -2.86. The van der Waals surface area contributed by atoms with Crippen molar-refractivity contribution in [3.63, 3.8) is 0 Å². The molecule has 6 heteroatoms. The van der Waals surface area contributed by atoms with E-state index in [1.165, 1.54) is 37.7 Å². The zero-order valence-electron chi connectivity index (χ0n) is 17.3. The molecule has 0 aliphatic carbocycles. The molecule has 2 aromatic heterocycles. The highest BCUT2D eigenvalue weighted by molar-refractivity contribution is 5.94. The SMILES string of the molecule is O=c1[nH]ccc2cc(N3CCCCC3)nc(Nc3ccc(C4CCNCC4)cc3)c12. The predicted molar refractivity (Wildman–Crippen MR) is 123 cm³/mol. The lowest BCUT2D eigenvalue weighted by molar-refractivity contribution is 0.460. The highest BCUT2D eigenvalue weighted by Crippen LogP contribution is 2.30. The number of H-pyrrole nitrogens is 1. The number of nitrogens with zero attached hydrogens (tertiary/aromatic N) is 2. The van der Waals surface area contributed by atoms with Crippen molar-refractivity contribution < 1.29 is 0 Å². The number of rotatable bonds is 4. The van der Waals surface area contributed by atoms with E-state index < -0.39 is 0 Å². The van der Waals surface area contributed by atoms with Crippen LogP contribution in [-0.4, -0.2) is 36.1 Å². The standard InChI is InChI=1S/C24H29N5O/c30-24-22-19(10-13-26-24)16-21(29-14-2-1-3-15-29)28-23(22)27-20-6-4-17(5-7-20)18-8-11-25-12-9-18/h4-7,10,13,16,18,25H,1-3,8-9,11-12,14-15H2,(H,26,30)(H,27,28). The number of piperidine rings is 2. The number of nitrogens with one attached hydrogen (secondary N) is 3. The molecule has 3 N–H and O–H groups in total. The molecule has 0 radical (unpaired) electrons. The number of fused-ring (bicyclic) bond motifs is 1. The van der Waals surface area contributed by atoms with Gasteiger partial charge in [-0.05, 0) is 86.3 Å². The minimum atomic E-state index is -0.112. The fourth-order valence-corrected chi connectivity index (χ4v) is 4.71. The number of aromatic nitrogens is 2. The quantitative estimate of drug-likeness (QED) is 0.611. The third-order valence-corrected chi connectivity index (χ3v) is 6.40. The van der Waals surface area contributed by atoms with Gasteiger partial charge < -0.3 is 20.5 Å². The summed E-state index contributed by atoms with van der Waals surface area (Å²) >= 11 is 0. The first kappa shape index (κ1) is 19.1. The van der Waals surface area contributed by atoms with E-state index >= 15 is 0 Å². The lowest BCUT2D eigenvalue weighted by Crippen LogP contribution is -2.30. The largest absolute Gasteiger partial charge is 0.357 e. The van der Waals surface area contributed by atoms with E-state index in [1.807, 2.05) is 12.1 Å². The molecule has 2 saturated heterocycles. The highest BCUT2D eigenvalue weighted by Gasteiger charge is 2.17. The van der Waals surface area contributed by atoms with Gasteiger partial charge in [-0.3, -0.25) is 4.79 Å². The zero-order valence-corrected chi connectivity index (χ0v) is 17.3. The molecule has 0 atom stereocenters. The molecule has 2 aliphatic heterocycles. The average molecular weight is 404 g/mol. The van der Waals surface area contributed by atoms with Crippen LogP contribution in [0.25, 0.3) is 10.8 Å². The first-order valence-electron chi connectivity index (χ1n) is 11.1. The van der Waals surface area contributed by atoms with Crippen LogP contribution < -0.4 is 21.1 Å². The Bertz CT molecular complexity index is 1060. The molecule has 0 amide bonds. The van der Waals surface area contributed by atoms with Crippen molar-refractivity contribution in [2.24, 2.45) is 0 Å². The molecular formula is C24H29N5O. The number of hydrogen-bond donors (Lipinski definition) is 3. The number of anilines is 3. The molecule has 5 rings (SSSR count). The maximum absolute atomic E-state index is 12.6. The smallest absolute Gasteiger partial charge is 0.259 e. The Morgan fingerprint density at radius 3 is 2.53 bits per heavy atom. The molecule has 2 fully saturated rings. The molecule has 156 valence electrons. The topological polar surface area (TPSA) is 73.0 Å². The molecule has 0 unspecified atom stereocenters. The zero-order chi connectivity index (χ0) is 20.3. The fraction of sp³-hybridized carbons (Fsp3) is 0.417. The number of benzene rings is 1. The van der Waals surface area contributed by atoms with E-state index in [9.17, 15) is 4.79 Å². The lowest BCUT2D eigenvalue weighted by atomic mass is 9.90. The predicted octanol–water partition coefficient (Wildman–Crippen LogP) is 4.12. The van der Waals surface area contributed by atoms with Gasteiger partial charge in [-0.25, -0.2) is 4.98 Å². The Kier molecular flexibility index (Phi) is 5.41. The molecule has 4 heterocycles. The summed E-state index contributed by atoms with van der Waals surface area (Å²) in [5.74, 6) is 2.20. The number of hydrogen-bond acceptors (Lipinski definition) is 5. The maximum Gasteiger partial charge on any atom is 0.259 e. The van der Waals surface area contributed by atoms with Crippen LogP contribution in [0, 0.1) is 0 Å². The number of pyridine rings is 2. The van der Waals surface area contributed by atoms with Crippen LogP contribution in [0.3, 0.4) is 0 Å². The first-order chi connectivity index (χ1) is 14.8. The molecule has 1 aromatic carbocycles. The van der Waals surface area contributed by atoms with E-state index in [2.05, 4.69) is 44.8 Å². The summed E-state index contributed by atoms with van der Waals surface area (Å²) in [5, 5.41) is 8.38. The van der Waals surface area contributed by atoms with E-state index in [0.717, 1.165) is 43.1 Å². The van der Waals surface area contributed by atoms with Gasteiger partial charge in [0, 0.05) is 25.0 Å². The van der Waals surface area contributed by atoms with Crippen molar-refractivity contribution >= 4 is 28.1 Å². The van der Waals surface area contributed by atoms with Gasteiger partial charge in [-0.15, -0.1) is 0 Å². The second kappa shape index (κ2) is 8.48. The molecule has 2 aliphatic rings. The van der Waals surface area contributed by atoms with Gasteiger partial charge in [0.15, 0.2) is 0 Å². The second-order valence-electron chi connectivity index (χ2n) is 8.42. The third-order valence-electron chi connectivity index (χ3n) is 6.40. The minimum absolute atomic E-state index is 0.112. The normalized spacial score (nSPS) is 17.9. The first-order valence-corrected chi connectivity index (χ1v) is 11.1. The van der Waals surface area contributed by atoms with E-state index in [-0.39, 0.29) is 5.56 Å². The van der Waals surface area contributed by atoms with Crippen LogP contribution in [0.4, 0.5) is 17.3 Å². The van der Waals surface area contributed by atoms with Gasteiger partial charge >= 0.3 is 0 Å². The van der Waals surface area contributed by atoms with Crippen LogP contribution in [0.1, 0.15) is 43.6 Å². The van der Waals surface area contributed by atoms with Crippen molar-refractivity contribution in [3.8, 4) is 0 Å². The molecule has 0 saturated carbocycles. The Morgan fingerprint density at radius 1 is 1.00 bits per heavy atom. The summed E-state index contributed by atoms with van der Waals surface area (Å²) in [7, 11) is 0. The second-order valence-corrected chi connectivity index (χ2v) is 8.42. The lowest BCUT2D eigenvalue weighted by Gasteiger charge is -2.28. The van der Waals surface area contributed by atoms with Crippen LogP contribution in [0.5, 0.6) is 0 Å². The van der Waals surface area contributed by atoms with Crippen LogP contribution in [0.15, 0.2) is 47.4 Å². The van der Waals surface area contributed by atoms with Crippen molar-refractivity contribution in [1.29, 1.82) is 0 Å². The average Bonchev–Trinajstić information content (AvgIpc) is 2.81. The van der Waals surface area contributed by atoms with Gasteiger partial charge in [0.25, 0.3) is 5.56 Å². The van der Waals surface area contributed by atoms with Gasteiger partial charge in [0.05, 0.1) is 5.39 Å². The minimum Gasteiger partial charge on any atom is -0.357 e. The molecule has 0 bridgehead atoms. The molecule has 0 spiro atoms. The summed E-state index contributed by atoms with van der Waals surface area (Å²) in [6, 6.07) is 12.6. The summed E-state index contributed by atoms with van der Waals surface area (Å²) in [5.41, 5.74) is 2.24. The summed E-state index contributed by atoms with van der Waals surface area (Å²) in [6.07, 6.45) is 7.74. The Balaban J connectivity index is 1.47. The Morgan fingerprint density at radius 2 is 1.77 bits per heavy atom. The van der Waals surface area contributed by atoms with Crippen LogP contribution >= 0.6 is 0 Å². The van der Waals surface area contributed by atoms with Crippen molar-refractivity contribution in [3.05, 3.63) is 58.5 Å². The van der Waals surface area contributed by atoms with E-state index in [4.69, 9.17) is 4.98 Å². The third kappa shape index (κ3) is 3.92. The molecule has 3 aromatic rings. The van der Waals surface area contributed by atoms with Crippen molar-refractivity contribution in [1.82, 2.24) is 15.3 Å². The molecular weight excluding hydrogens is 374 g/mol. The van der Waals surface area contributed by atoms with Crippen molar-refractivity contribution in [2.75, 3.05) is 36.4 Å². The summed E-state index contributed by atoms with van der Waals surface area (Å²) in [4.78, 5) is 22.6. The monoisotopic (exact) mass is 403 g/mol. The number of aromatic amines is 1. The molecule has 30 heavy (non-hydrogen) atoms.